The van der Waals surface area contributed by atoms with E-state index in [1.165, 1.54) is 0 Å². The molecule has 1 aromatic carbocycles. The predicted molar refractivity (Wildman–Crippen MR) is 140 cm³/mol. The minimum absolute atomic E-state index is 0.0511. The smallest absolute Gasteiger partial charge is 0.410 e. The van der Waals surface area contributed by atoms with Gasteiger partial charge in [-0.05, 0) is 81.1 Å². The van der Waals surface area contributed by atoms with Gasteiger partial charge in [0, 0.05) is 37.5 Å². The van der Waals surface area contributed by atoms with Gasteiger partial charge in [-0.15, -0.1) is 0 Å². The lowest BCUT2D eigenvalue weighted by Crippen LogP contribution is -2.43. The first-order valence-corrected chi connectivity index (χ1v) is 13.7. The molecular formula is C26H34BrF2N5O3. The van der Waals surface area contributed by atoms with Crippen molar-refractivity contribution in [2.24, 2.45) is 0 Å². The van der Waals surface area contributed by atoms with Gasteiger partial charge in [-0.3, -0.25) is 4.90 Å². The number of benzene rings is 1. The molecule has 4 heterocycles. The van der Waals surface area contributed by atoms with Crippen LogP contribution in [0.15, 0.2) is 10.5 Å². The minimum Gasteiger partial charge on any atom is -0.461 e. The third kappa shape index (κ3) is 5.34. The molecule has 8 nitrogen and oxygen atoms in total. The van der Waals surface area contributed by atoms with E-state index >= 15 is 4.39 Å². The van der Waals surface area contributed by atoms with Crippen LogP contribution in [-0.4, -0.2) is 82.0 Å². The Balaban J connectivity index is 1.39. The summed E-state index contributed by atoms with van der Waals surface area (Å²) in [6, 6.07) is 1.78. The maximum atomic E-state index is 15.3. The lowest BCUT2D eigenvalue weighted by atomic mass is 9.95. The Labute approximate surface area is 224 Å². The van der Waals surface area contributed by atoms with E-state index in [-0.39, 0.29) is 35.8 Å². The van der Waals surface area contributed by atoms with E-state index in [0.717, 1.165) is 19.4 Å². The first-order chi connectivity index (χ1) is 17.4. The highest BCUT2D eigenvalue weighted by Crippen LogP contribution is 2.40. The van der Waals surface area contributed by atoms with Gasteiger partial charge >= 0.3 is 12.1 Å². The molecule has 0 bridgehead atoms. The summed E-state index contributed by atoms with van der Waals surface area (Å²) in [4.78, 5) is 25.4. The van der Waals surface area contributed by atoms with Crippen molar-refractivity contribution in [1.82, 2.24) is 19.8 Å². The van der Waals surface area contributed by atoms with E-state index in [1.807, 2.05) is 33.8 Å². The highest BCUT2D eigenvalue weighted by atomic mass is 79.9. The van der Waals surface area contributed by atoms with Crippen LogP contribution in [0.2, 0.25) is 0 Å². The van der Waals surface area contributed by atoms with E-state index in [4.69, 9.17) is 9.47 Å². The Morgan fingerprint density at radius 2 is 2.08 bits per heavy atom. The zero-order valence-electron chi connectivity index (χ0n) is 21.7. The number of likely N-dealkylation sites (tertiary alicyclic amines) is 1. The number of amides is 1. The number of rotatable bonds is 5. The quantitative estimate of drug-likeness (QED) is 0.518. The second-order valence-corrected chi connectivity index (χ2v) is 12.3. The highest BCUT2D eigenvalue weighted by Gasteiger charge is 2.49. The number of ether oxygens (including phenoxy) is 2. The first kappa shape index (κ1) is 26.3. The molecule has 0 spiro atoms. The second-order valence-electron chi connectivity index (χ2n) is 11.5. The molecule has 5 rings (SSSR count). The van der Waals surface area contributed by atoms with E-state index in [1.54, 1.807) is 4.90 Å². The van der Waals surface area contributed by atoms with E-state index < -0.39 is 17.6 Å². The second kappa shape index (κ2) is 9.80. The molecule has 37 heavy (non-hydrogen) atoms. The standard InChI is InChI=1S/C26H34BrF2N5O3/c1-15-10-18-21(20(29)19(15)27)31-23(36-14-26-7-5-8-34(26)12-16(28)11-26)32-22(18)30-17-6-9-33(13-17)24(35)37-25(2,3)4/h10,16-17H,5-9,11-14H2,1-4H3,(H,30,31,32)/t16-,17-,26+/m1/s1. The Bertz CT molecular complexity index is 1210. The number of hydrogen-bond acceptors (Lipinski definition) is 7. The fourth-order valence-corrected chi connectivity index (χ4v) is 6.00. The molecule has 1 aromatic heterocycles. The van der Waals surface area contributed by atoms with Crippen molar-refractivity contribution in [2.75, 3.05) is 38.1 Å². The molecular weight excluding hydrogens is 548 g/mol. The number of nitrogens with one attached hydrogen (secondary N) is 1. The summed E-state index contributed by atoms with van der Waals surface area (Å²) in [5.41, 5.74) is -0.0808. The fourth-order valence-electron chi connectivity index (χ4n) is 5.70. The van der Waals surface area contributed by atoms with E-state index in [2.05, 4.69) is 36.1 Å². The Morgan fingerprint density at radius 1 is 1.30 bits per heavy atom. The predicted octanol–water partition coefficient (Wildman–Crippen LogP) is 5.22. The first-order valence-electron chi connectivity index (χ1n) is 12.9. The van der Waals surface area contributed by atoms with Gasteiger partial charge < -0.3 is 19.7 Å². The van der Waals surface area contributed by atoms with Gasteiger partial charge in [-0.25, -0.2) is 13.6 Å². The minimum atomic E-state index is -0.870. The summed E-state index contributed by atoms with van der Waals surface area (Å²) in [6.07, 6.45) is 1.74. The molecule has 1 N–H and O–H groups in total. The number of aryl methyl sites for hydroxylation is 1. The van der Waals surface area contributed by atoms with Crippen molar-refractivity contribution in [3.63, 3.8) is 0 Å². The molecule has 0 unspecified atom stereocenters. The molecule has 3 aliphatic rings. The number of carbonyl (C=O) groups excluding carboxylic acids is 1. The van der Waals surface area contributed by atoms with Crippen molar-refractivity contribution >= 4 is 38.7 Å². The van der Waals surface area contributed by atoms with Gasteiger partial charge in [0.1, 0.15) is 29.7 Å². The van der Waals surface area contributed by atoms with Crippen molar-refractivity contribution in [1.29, 1.82) is 0 Å². The van der Waals surface area contributed by atoms with Crippen molar-refractivity contribution in [3.05, 3.63) is 21.9 Å². The Morgan fingerprint density at radius 3 is 2.84 bits per heavy atom. The monoisotopic (exact) mass is 581 g/mol. The molecule has 11 heteroatoms. The number of anilines is 1. The highest BCUT2D eigenvalue weighted by molar-refractivity contribution is 9.10. The SMILES string of the molecule is Cc1cc2c(N[C@@H]3CCN(C(=O)OC(C)(C)C)C3)nc(OC[C@@]34CCCN3C[C@H](F)C4)nc2c(F)c1Br. The number of carbonyl (C=O) groups is 1. The number of alkyl halides is 1. The molecule has 3 saturated heterocycles. The fraction of sp³-hybridized carbons (Fsp3) is 0.654. The van der Waals surface area contributed by atoms with Crippen LogP contribution in [0.5, 0.6) is 6.01 Å². The van der Waals surface area contributed by atoms with Crippen LogP contribution >= 0.6 is 15.9 Å². The summed E-state index contributed by atoms with van der Waals surface area (Å²) in [5.74, 6) is -0.0430. The third-order valence-corrected chi connectivity index (χ3v) is 8.42. The molecule has 3 fully saturated rings. The zero-order chi connectivity index (χ0) is 26.5. The van der Waals surface area contributed by atoms with Gasteiger partial charge in [0.15, 0.2) is 5.82 Å². The van der Waals surface area contributed by atoms with Gasteiger partial charge in [-0.2, -0.15) is 9.97 Å². The van der Waals surface area contributed by atoms with Crippen molar-refractivity contribution in [2.45, 2.75) is 76.7 Å². The normalized spacial score (nSPS) is 26.1. The third-order valence-electron chi connectivity index (χ3n) is 7.44. The molecule has 202 valence electrons. The summed E-state index contributed by atoms with van der Waals surface area (Å²) in [5, 5.41) is 3.93. The number of aromatic nitrogens is 2. The van der Waals surface area contributed by atoms with Gasteiger partial charge in [-0.1, -0.05) is 0 Å². The van der Waals surface area contributed by atoms with Crippen LogP contribution in [-0.2, 0) is 4.74 Å². The van der Waals surface area contributed by atoms with Crippen LogP contribution in [0.4, 0.5) is 19.4 Å². The van der Waals surface area contributed by atoms with Gasteiger partial charge in [0.25, 0.3) is 0 Å². The Hall–Kier alpha value is -2.27. The van der Waals surface area contributed by atoms with Gasteiger partial charge in [0.05, 0.1) is 10.0 Å². The van der Waals surface area contributed by atoms with Crippen LogP contribution in [0.3, 0.4) is 0 Å². The molecule has 3 atom stereocenters. The molecule has 0 aliphatic carbocycles. The van der Waals surface area contributed by atoms with Crippen molar-refractivity contribution < 1.29 is 23.0 Å². The molecule has 0 saturated carbocycles. The lowest BCUT2D eigenvalue weighted by molar-refractivity contribution is 0.0293. The zero-order valence-corrected chi connectivity index (χ0v) is 23.3. The maximum Gasteiger partial charge on any atom is 0.410 e. The number of halogens is 3. The van der Waals surface area contributed by atoms with Crippen LogP contribution in [0, 0.1) is 12.7 Å². The summed E-state index contributed by atoms with van der Waals surface area (Å²) in [7, 11) is 0. The molecule has 2 aromatic rings. The average Bonchev–Trinajstić information content (AvgIpc) is 3.50. The van der Waals surface area contributed by atoms with Gasteiger partial charge in [0.2, 0.25) is 0 Å². The number of fused-ring (bicyclic) bond motifs is 2. The number of hydrogen-bond donors (Lipinski definition) is 1. The number of nitrogens with zero attached hydrogens (tertiary/aromatic N) is 4. The van der Waals surface area contributed by atoms with E-state index in [0.29, 0.717) is 53.7 Å². The molecule has 3 aliphatic heterocycles. The van der Waals surface area contributed by atoms with Crippen LogP contribution < -0.4 is 10.1 Å². The molecule has 0 radical (unpaired) electrons. The topological polar surface area (TPSA) is 79.8 Å². The summed E-state index contributed by atoms with van der Waals surface area (Å²) < 4.78 is 41.4. The van der Waals surface area contributed by atoms with Crippen LogP contribution in [0.1, 0.15) is 52.0 Å². The Kier molecular flexibility index (Phi) is 6.97. The van der Waals surface area contributed by atoms with Crippen molar-refractivity contribution in [3.8, 4) is 6.01 Å². The van der Waals surface area contributed by atoms with Crippen LogP contribution in [0.25, 0.3) is 10.9 Å². The molecule has 1 amide bonds. The van der Waals surface area contributed by atoms with E-state index in [9.17, 15) is 9.18 Å². The maximum absolute atomic E-state index is 15.3. The lowest BCUT2D eigenvalue weighted by Gasteiger charge is -2.30. The summed E-state index contributed by atoms with van der Waals surface area (Å²) >= 11 is 3.32. The largest absolute Gasteiger partial charge is 0.461 e. The summed E-state index contributed by atoms with van der Waals surface area (Å²) in [6.45, 7) is 9.82. The average molecular weight is 582 g/mol.